The Morgan fingerprint density at radius 1 is 0.703 bits per heavy atom. The van der Waals surface area contributed by atoms with E-state index in [1.54, 1.807) is 0 Å². The van der Waals surface area contributed by atoms with Gasteiger partial charge >= 0.3 is 0 Å². The predicted octanol–water partition coefficient (Wildman–Crippen LogP) is 11.7. The summed E-state index contributed by atoms with van der Waals surface area (Å²) >= 11 is 5.77. The number of thiophene rings is 3. The molecule has 0 aliphatic carbocycles. The highest BCUT2D eigenvalue weighted by atomic mass is 32.2. The van der Waals surface area contributed by atoms with E-state index < -0.39 is 0 Å². The molecule has 2 aromatic carbocycles. The van der Waals surface area contributed by atoms with Crippen LogP contribution < -0.4 is 9.47 Å². The van der Waals surface area contributed by atoms with Crippen molar-refractivity contribution in [1.82, 2.24) is 0 Å². The Balaban J connectivity index is 1.43. The van der Waals surface area contributed by atoms with Crippen molar-refractivity contribution in [3.63, 3.8) is 0 Å². The lowest BCUT2D eigenvalue weighted by molar-refractivity contribution is 0.233. The van der Waals surface area contributed by atoms with Gasteiger partial charge in [-0.05, 0) is 55.0 Å². The van der Waals surface area contributed by atoms with Gasteiger partial charge in [-0.25, -0.2) is 0 Å². The molecule has 2 unspecified atom stereocenters. The van der Waals surface area contributed by atoms with Crippen LogP contribution >= 0.6 is 34.0 Å². The molecular weight excluding hydrogens is 513 g/mol. The van der Waals surface area contributed by atoms with E-state index in [9.17, 15) is 0 Å². The maximum atomic E-state index is 6.49. The van der Waals surface area contributed by atoms with E-state index in [2.05, 4.69) is 64.1 Å². The largest absolute Gasteiger partial charge is 0.493 e. The lowest BCUT2D eigenvalue weighted by Crippen LogP contribution is -2.11. The van der Waals surface area contributed by atoms with Crippen LogP contribution in [0.25, 0.3) is 39.0 Å². The van der Waals surface area contributed by atoms with E-state index in [4.69, 9.17) is 9.47 Å². The third-order valence-corrected chi connectivity index (χ3v) is 11.5. The highest BCUT2D eigenvalue weighted by Crippen LogP contribution is 2.52. The average molecular weight is 553 g/mol. The van der Waals surface area contributed by atoms with Crippen LogP contribution in [0.15, 0.2) is 36.4 Å². The van der Waals surface area contributed by atoms with Gasteiger partial charge in [-0.2, -0.15) is 0 Å². The van der Waals surface area contributed by atoms with Crippen molar-refractivity contribution in [2.45, 2.75) is 79.1 Å². The second kappa shape index (κ2) is 12.4. The molecule has 198 valence electrons. The van der Waals surface area contributed by atoms with Gasteiger partial charge in [0.05, 0.1) is 32.0 Å². The first kappa shape index (κ1) is 26.8. The van der Waals surface area contributed by atoms with E-state index in [1.807, 2.05) is 34.0 Å². The molecule has 0 amide bonds. The molecule has 2 nitrogen and oxygen atoms in total. The predicted molar refractivity (Wildman–Crippen MR) is 168 cm³/mol. The number of rotatable bonds is 14. The Kier molecular flexibility index (Phi) is 8.94. The van der Waals surface area contributed by atoms with Gasteiger partial charge in [0.15, 0.2) is 0 Å². The van der Waals surface area contributed by atoms with Gasteiger partial charge in [0.1, 0.15) is 11.5 Å². The molecule has 0 aliphatic heterocycles. The fraction of sp³-hybridized carbons (Fsp3) is 0.500. The highest BCUT2D eigenvalue weighted by molar-refractivity contribution is 7.47. The standard InChI is InChI=1S/C32H40O2S3/c1-5-9-12-21(7-3)19-33-23-16-17-24-27(18-23)36-32-28(24)30-31(37-32)29-25(14-11-15-26(29)35-30)34-20-22(8-4)13-10-6-2/h11,14-18,21-22H,5-10,12-13,19-20H2,1-4H3. The van der Waals surface area contributed by atoms with Gasteiger partial charge in [0, 0.05) is 20.2 Å². The molecule has 5 aromatic rings. The lowest BCUT2D eigenvalue weighted by atomic mass is 10.0. The Morgan fingerprint density at radius 2 is 1.41 bits per heavy atom. The van der Waals surface area contributed by atoms with E-state index in [0.717, 1.165) is 24.7 Å². The van der Waals surface area contributed by atoms with Crippen LogP contribution in [-0.4, -0.2) is 13.2 Å². The first-order chi connectivity index (χ1) is 18.2. The maximum Gasteiger partial charge on any atom is 0.129 e. The molecule has 3 aromatic heterocycles. The summed E-state index contributed by atoms with van der Waals surface area (Å²) in [7, 11) is 0. The summed E-state index contributed by atoms with van der Waals surface area (Å²) in [5.74, 6) is 3.35. The van der Waals surface area contributed by atoms with Gasteiger partial charge in [0.2, 0.25) is 0 Å². The van der Waals surface area contributed by atoms with Crippen molar-refractivity contribution in [3.8, 4) is 11.5 Å². The van der Waals surface area contributed by atoms with E-state index in [1.165, 1.54) is 90.3 Å². The van der Waals surface area contributed by atoms with Crippen LogP contribution in [0, 0.1) is 11.8 Å². The molecule has 0 fully saturated rings. The minimum Gasteiger partial charge on any atom is -0.493 e. The SMILES string of the molecule is CCCCC(CC)COc1ccc2c(c1)sc1sc3c(sc4cccc(OCC(CC)CCCC)c43)c12. The number of benzene rings is 2. The molecule has 0 bridgehead atoms. The van der Waals surface area contributed by atoms with E-state index >= 15 is 0 Å². The summed E-state index contributed by atoms with van der Waals surface area (Å²) in [5.41, 5.74) is 0. The second-order valence-electron chi connectivity index (χ2n) is 10.4. The second-order valence-corrected chi connectivity index (χ2v) is 13.8. The minimum absolute atomic E-state index is 0.635. The Bertz CT molecular complexity index is 1460. The van der Waals surface area contributed by atoms with Gasteiger partial charge in [-0.3, -0.25) is 0 Å². The third-order valence-electron chi connectivity index (χ3n) is 7.73. The molecule has 5 heteroatoms. The zero-order valence-corrected chi connectivity index (χ0v) is 25.2. The van der Waals surface area contributed by atoms with E-state index in [0.29, 0.717) is 11.8 Å². The Morgan fingerprint density at radius 3 is 2.11 bits per heavy atom. The highest BCUT2D eigenvalue weighted by Gasteiger charge is 2.20. The van der Waals surface area contributed by atoms with Crippen LogP contribution in [0.1, 0.15) is 79.1 Å². The summed E-state index contributed by atoms with van der Waals surface area (Å²) in [4.78, 5) is 0. The molecule has 0 saturated carbocycles. The Labute approximate surface area is 233 Å². The van der Waals surface area contributed by atoms with Crippen molar-refractivity contribution in [2.75, 3.05) is 13.2 Å². The van der Waals surface area contributed by atoms with Crippen LogP contribution in [-0.2, 0) is 0 Å². The molecule has 0 aliphatic rings. The number of hydrogen-bond acceptors (Lipinski definition) is 5. The third kappa shape index (κ3) is 5.65. The number of hydrogen-bond donors (Lipinski definition) is 0. The topological polar surface area (TPSA) is 18.5 Å². The fourth-order valence-corrected chi connectivity index (χ4v) is 9.50. The van der Waals surface area contributed by atoms with Crippen molar-refractivity contribution >= 4 is 73.0 Å². The van der Waals surface area contributed by atoms with Gasteiger partial charge in [-0.15, -0.1) is 34.0 Å². The molecule has 0 N–H and O–H groups in total. The first-order valence-electron chi connectivity index (χ1n) is 14.2. The van der Waals surface area contributed by atoms with Crippen molar-refractivity contribution in [2.24, 2.45) is 11.8 Å². The molecule has 0 saturated heterocycles. The van der Waals surface area contributed by atoms with Crippen molar-refractivity contribution in [1.29, 1.82) is 0 Å². The lowest BCUT2D eigenvalue weighted by Gasteiger charge is -2.16. The summed E-state index contributed by atoms with van der Waals surface area (Å²) < 4.78 is 19.6. The number of ether oxygens (including phenoxy) is 2. The van der Waals surface area contributed by atoms with Gasteiger partial charge in [0.25, 0.3) is 0 Å². The van der Waals surface area contributed by atoms with Gasteiger partial charge < -0.3 is 9.47 Å². The van der Waals surface area contributed by atoms with E-state index in [-0.39, 0.29) is 0 Å². The summed E-state index contributed by atoms with van der Waals surface area (Å²) in [6.07, 6.45) is 9.97. The minimum atomic E-state index is 0.635. The van der Waals surface area contributed by atoms with Crippen LogP contribution in [0.5, 0.6) is 11.5 Å². The van der Waals surface area contributed by atoms with Crippen LogP contribution in [0.3, 0.4) is 0 Å². The quantitative estimate of drug-likeness (QED) is 0.136. The van der Waals surface area contributed by atoms with Crippen LogP contribution in [0.2, 0.25) is 0 Å². The monoisotopic (exact) mass is 552 g/mol. The van der Waals surface area contributed by atoms with Crippen molar-refractivity contribution in [3.05, 3.63) is 36.4 Å². The maximum absolute atomic E-state index is 6.49. The molecular formula is C32H40O2S3. The average Bonchev–Trinajstić information content (AvgIpc) is 3.56. The zero-order chi connectivity index (χ0) is 25.8. The number of fused-ring (bicyclic) bond motifs is 7. The first-order valence-corrected chi connectivity index (χ1v) is 16.7. The normalized spacial score (nSPS) is 13.7. The zero-order valence-electron chi connectivity index (χ0n) is 22.7. The molecule has 5 rings (SSSR count). The van der Waals surface area contributed by atoms with Crippen molar-refractivity contribution < 1.29 is 9.47 Å². The molecule has 3 heterocycles. The summed E-state index contributed by atoms with van der Waals surface area (Å²) in [6.45, 7) is 10.7. The Hall–Kier alpha value is -1.82. The van der Waals surface area contributed by atoms with Crippen LogP contribution in [0.4, 0.5) is 0 Å². The summed E-state index contributed by atoms with van der Waals surface area (Å²) in [6, 6.07) is 13.3. The number of unbranched alkanes of at least 4 members (excludes halogenated alkanes) is 2. The molecule has 2 atom stereocenters. The molecule has 37 heavy (non-hydrogen) atoms. The fourth-order valence-electron chi connectivity index (χ4n) is 5.21. The molecule has 0 radical (unpaired) electrons. The smallest absolute Gasteiger partial charge is 0.129 e. The summed E-state index contributed by atoms with van der Waals surface area (Å²) in [5, 5.41) is 4.09. The van der Waals surface area contributed by atoms with Gasteiger partial charge in [-0.1, -0.05) is 72.3 Å². The molecule has 0 spiro atoms.